The van der Waals surface area contributed by atoms with Crippen LogP contribution in [-0.2, 0) is 19.3 Å². The van der Waals surface area contributed by atoms with Gasteiger partial charge in [0.05, 0.1) is 24.9 Å². The molecule has 2 N–H and O–H groups in total. The van der Waals surface area contributed by atoms with Crippen LogP contribution in [0.5, 0.6) is 0 Å². The third kappa shape index (κ3) is 3.75. The Bertz CT molecular complexity index is 1290. The minimum Gasteiger partial charge on any atom is -0.399 e. The fraction of sp³-hybridized carbons (Fsp3) is 0.333. The summed E-state index contributed by atoms with van der Waals surface area (Å²) in [6, 6.07) is 14.4. The Morgan fingerprint density at radius 1 is 1.12 bits per heavy atom. The normalized spacial score (nSPS) is 19.9. The molecule has 5 rings (SSSR count). The molecule has 1 aliphatic carbocycles. The quantitative estimate of drug-likeness (QED) is 0.572. The highest BCUT2D eigenvalue weighted by atomic mass is 32.2. The third-order valence-electron chi connectivity index (χ3n) is 6.35. The van der Waals surface area contributed by atoms with Crippen LogP contribution in [0.1, 0.15) is 25.5 Å². The number of aromatic nitrogens is 2. The second kappa shape index (κ2) is 8.07. The maximum atomic E-state index is 14.5. The van der Waals surface area contributed by atoms with Gasteiger partial charge in [0, 0.05) is 23.9 Å². The van der Waals surface area contributed by atoms with Crippen molar-refractivity contribution in [1.82, 2.24) is 9.97 Å². The Morgan fingerprint density at radius 3 is 2.52 bits per heavy atom. The summed E-state index contributed by atoms with van der Waals surface area (Å²) in [7, 11) is -4.01. The first-order valence-corrected chi connectivity index (χ1v) is 12.4. The largest absolute Gasteiger partial charge is 0.399 e. The predicted molar refractivity (Wildman–Crippen MR) is 124 cm³/mol. The van der Waals surface area contributed by atoms with Crippen LogP contribution < -0.4 is 10.6 Å². The van der Waals surface area contributed by atoms with Crippen LogP contribution in [0.3, 0.4) is 0 Å². The zero-order valence-electron chi connectivity index (χ0n) is 18.2. The van der Waals surface area contributed by atoms with E-state index in [1.807, 2.05) is 19.1 Å². The van der Waals surface area contributed by atoms with Crippen LogP contribution >= 0.6 is 0 Å². The van der Waals surface area contributed by atoms with Gasteiger partial charge in [0.15, 0.2) is 15.7 Å². The molecule has 0 radical (unpaired) electrons. The molecule has 2 heterocycles. The molecule has 3 aromatic rings. The topological polar surface area (TPSA) is 98.4 Å². The zero-order chi connectivity index (χ0) is 23.2. The first-order valence-electron chi connectivity index (χ1n) is 10.9. The Labute approximate surface area is 192 Å². The van der Waals surface area contributed by atoms with E-state index >= 15 is 0 Å². The summed E-state index contributed by atoms with van der Waals surface area (Å²) >= 11 is 0. The van der Waals surface area contributed by atoms with E-state index in [-0.39, 0.29) is 10.9 Å². The fourth-order valence-electron chi connectivity index (χ4n) is 4.29. The van der Waals surface area contributed by atoms with Crippen molar-refractivity contribution < 1.29 is 17.5 Å². The molecule has 172 valence electrons. The molecule has 7 nitrogen and oxygen atoms in total. The van der Waals surface area contributed by atoms with Gasteiger partial charge in [0.2, 0.25) is 0 Å². The summed E-state index contributed by atoms with van der Waals surface area (Å²) in [5.41, 5.74) is 7.56. The van der Waals surface area contributed by atoms with Crippen LogP contribution in [0, 0.1) is 5.82 Å². The SMILES string of the molecule is C[C@H]1COCCN1c1cc(C2(S(=O)(=O)c3ccccc3F)CC2)nc(-c2ccc(N)cc2)n1. The van der Waals surface area contributed by atoms with E-state index in [0.717, 1.165) is 5.56 Å². The molecule has 2 fully saturated rings. The molecule has 2 aliphatic rings. The van der Waals surface area contributed by atoms with Gasteiger partial charge in [-0.05, 0) is 56.2 Å². The Morgan fingerprint density at radius 2 is 1.85 bits per heavy atom. The highest BCUT2D eigenvalue weighted by molar-refractivity contribution is 7.92. The smallest absolute Gasteiger partial charge is 0.192 e. The summed E-state index contributed by atoms with van der Waals surface area (Å²) < 4.78 is 46.1. The van der Waals surface area contributed by atoms with E-state index in [1.54, 1.807) is 18.2 Å². The third-order valence-corrected chi connectivity index (χ3v) is 8.91. The van der Waals surface area contributed by atoms with Crippen LogP contribution in [-0.4, -0.2) is 44.2 Å². The van der Waals surface area contributed by atoms with E-state index in [1.165, 1.54) is 24.3 Å². The summed E-state index contributed by atoms with van der Waals surface area (Å²) in [5.74, 6) is 0.299. The highest BCUT2D eigenvalue weighted by Crippen LogP contribution is 2.55. The highest BCUT2D eigenvalue weighted by Gasteiger charge is 2.58. The molecular formula is C24H25FN4O3S. The zero-order valence-corrected chi connectivity index (χ0v) is 19.1. The minimum absolute atomic E-state index is 0.0686. The average Bonchev–Trinajstić information content (AvgIpc) is 3.63. The molecule has 33 heavy (non-hydrogen) atoms. The van der Waals surface area contributed by atoms with Gasteiger partial charge >= 0.3 is 0 Å². The van der Waals surface area contributed by atoms with Crippen LogP contribution in [0.2, 0.25) is 0 Å². The molecule has 1 aliphatic heterocycles. The molecule has 0 unspecified atom stereocenters. The number of rotatable bonds is 5. The van der Waals surface area contributed by atoms with Gasteiger partial charge in [-0.25, -0.2) is 22.8 Å². The first kappa shape index (κ1) is 21.8. The monoisotopic (exact) mass is 468 g/mol. The number of morpholine rings is 1. The molecule has 9 heteroatoms. The summed E-state index contributed by atoms with van der Waals surface area (Å²) in [4.78, 5) is 11.3. The van der Waals surface area contributed by atoms with Crippen molar-refractivity contribution in [3.05, 3.63) is 66.1 Å². The van der Waals surface area contributed by atoms with Gasteiger partial charge in [-0.15, -0.1) is 0 Å². The number of ether oxygens (including phenoxy) is 1. The van der Waals surface area contributed by atoms with Crippen molar-refractivity contribution in [3.8, 4) is 11.4 Å². The predicted octanol–water partition coefficient (Wildman–Crippen LogP) is 3.55. The Hall–Kier alpha value is -3.04. The average molecular weight is 469 g/mol. The van der Waals surface area contributed by atoms with Gasteiger partial charge in [-0.1, -0.05) is 12.1 Å². The fourth-order valence-corrected chi connectivity index (χ4v) is 6.32. The van der Waals surface area contributed by atoms with Crippen molar-refractivity contribution in [3.63, 3.8) is 0 Å². The molecule has 1 saturated heterocycles. The lowest BCUT2D eigenvalue weighted by atomic mass is 10.1. The Kier molecular flexibility index (Phi) is 5.33. The standard InChI is InChI=1S/C24H25FN4O3S/c1-16-15-32-13-12-29(16)22-14-21(27-23(28-22)17-6-8-18(26)9-7-17)24(10-11-24)33(30,31)20-5-3-2-4-19(20)25/h2-9,14,16H,10-13,15,26H2,1H3/t16-/m0/s1. The number of hydrogen-bond acceptors (Lipinski definition) is 7. The molecule has 0 amide bonds. The lowest BCUT2D eigenvalue weighted by molar-refractivity contribution is 0.0985. The molecular weight excluding hydrogens is 443 g/mol. The first-order chi connectivity index (χ1) is 15.8. The lowest BCUT2D eigenvalue weighted by Gasteiger charge is -2.34. The summed E-state index contributed by atoms with van der Waals surface area (Å²) in [5, 5.41) is 0. The number of nitrogen functional groups attached to an aromatic ring is 1. The number of hydrogen-bond donors (Lipinski definition) is 1. The molecule has 1 aromatic heterocycles. The lowest BCUT2D eigenvalue weighted by Crippen LogP contribution is -2.44. The minimum atomic E-state index is -4.01. The number of sulfone groups is 1. The number of benzene rings is 2. The van der Waals surface area contributed by atoms with Gasteiger partial charge in [0.1, 0.15) is 21.3 Å². The molecule has 1 atom stereocenters. The van der Waals surface area contributed by atoms with Crippen molar-refractivity contribution in [2.45, 2.75) is 35.4 Å². The number of anilines is 2. The van der Waals surface area contributed by atoms with Crippen molar-refractivity contribution in [1.29, 1.82) is 0 Å². The van der Waals surface area contributed by atoms with Gasteiger partial charge in [0.25, 0.3) is 0 Å². The second-order valence-corrected chi connectivity index (χ2v) is 10.8. The number of nitrogens with zero attached hydrogens (tertiary/aromatic N) is 3. The Balaban J connectivity index is 1.66. The van der Waals surface area contributed by atoms with Crippen LogP contribution in [0.25, 0.3) is 11.4 Å². The van der Waals surface area contributed by atoms with E-state index in [2.05, 4.69) is 4.90 Å². The van der Waals surface area contributed by atoms with E-state index < -0.39 is 20.4 Å². The van der Waals surface area contributed by atoms with Crippen LogP contribution in [0.4, 0.5) is 15.9 Å². The van der Waals surface area contributed by atoms with E-state index in [0.29, 0.717) is 55.6 Å². The maximum absolute atomic E-state index is 14.5. The van der Waals surface area contributed by atoms with Gasteiger partial charge < -0.3 is 15.4 Å². The molecule has 0 spiro atoms. The van der Waals surface area contributed by atoms with Crippen LogP contribution in [0.15, 0.2) is 59.5 Å². The number of halogens is 1. The van der Waals surface area contributed by atoms with Crippen molar-refractivity contribution >= 4 is 21.3 Å². The van der Waals surface area contributed by atoms with Gasteiger partial charge in [-0.3, -0.25) is 0 Å². The van der Waals surface area contributed by atoms with E-state index in [9.17, 15) is 12.8 Å². The molecule has 1 saturated carbocycles. The number of nitrogens with two attached hydrogens (primary N) is 1. The second-order valence-electron chi connectivity index (χ2n) is 8.60. The summed E-state index contributed by atoms with van der Waals surface area (Å²) in [6.07, 6.45) is 0.750. The summed E-state index contributed by atoms with van der Waals surface area (Å²) in [6.45, 7) is 3.77. The van der Waals surface area contributed by atoms with Crippen molar-refractivity contribution in [2.75, 3.05) is 30.4 Å². The molecule has 0 bridgehead atoms. The maximum Gasteiger partial charge on any atom is 0.192 e. The van der Waals surface area contributed by atoms with Crippen molar-refractivity contribution in [2.24, 2.45) is 0 Å². The van der Waals surface area contributed by atoms with E-state index in [4.69, 9.17) is 20.4 Å². The van der Waals surface area contributed by atoms with Gasteiger partial charge in [-0.2, -0.15) is 0 Å². The molecule has 2 aromatic carbocycles.